The minimum absolute atomic E-state index is 0.725. The fraction of sp³-hybridized carbons (Fsp3) is 0.615. The highest BCUT2D eigenvalue weighted by Crippen LogP contribution is 2.26. The number of hydrogen-bond donors (Lipinski definition) is 1. The molecule has 2 rings (SSSR count). The third kappa shape index (κ3) is 3.68. The average molecular weight is 299 g/mol. The van der Waals surface area contributed by atoms with Crippen LogP contribution in [0.2, 0.25) is 0 Å². The van der Waals surface area contributed by atoms with Gasteiger partial charge < -0.3 is 10.1 Å². The lowest BCUT2D eigenvalue weighted by atomic mass is 10.1. The molecule has 0 atom stereocenters. The lowest BCUT2D eigenvalue weighted by Crippen LogP contribution is -2.13. The molecule has 1 aromatic heterocycles. The Morgan fingerprint density at radius 2 is 2.24 bits per heavy atom. The van der Waals surface area contributed by atoms with E-state index in [0.717, 1.165) is 35.0 Å². The van der Waals surface area contributed by atoms with Crippen LogP contribution in [0, 0.1) is 5.92 Å². The Kier molecular flexibility index (Phi) is 4.80. The molecule has 0 bridgehead atoms. The van der Waals surface area contributed by atoms with Crippen LogP contribution in [0.15, 0.2) is 16.7 Å². The summed E-state index contributed by atoms with van der Waals surface area (Å²) in [6, 6.07) is 2.06. The van der Waals surface area contributed by atoms with Gasteiger partial charge in [-0.05, 0) is 47.8 Å². The summed E-state index contributed by atoms with van der Waals surface area (Å²) in [4.78, 5) is 4.35. The summed E-state index contributed by atoms with van der Waals surface area (Å²) >= 11 is 3.44. The molecule has 1 N–H and O–H groups in total. The van der Waals surface area contributed by atoms with Crippen molar-refractivity contribution in [3.8, 4) is 5.88 Å². The largest absolute Gasteiger partial charge is 0.477 e. The van der Waals surface area contributed by atoms with Gasteiger partial charge in [0.15, 0.2) is 0 Å². The standard InChI is InChI=1S/C13H19BrN2O/c1-15-7-11-6-12(14)8-16-13(11)17-9-10-4-2-3-5-10/h6,8,10,15H,2-5,7,9H2,1H3. The first kappa shape index (κ1) is 12.8. The van der Waals surface area contributed by atoms with Gasteiger partial charge >= 0.3 is 0 Å². The molecule has 0 spiro atoms. The Hall–Kier alpha value is -0.610. The van der Waals surface area contributed by atoms with Crippen molar-refractivity contribution in [2.24, 2.45) is 5.92 Å². The number of aromatic nitrogens is 1. The van der Waals surface area contributed by atoms with E-state index in [1.165, 1.54) is 25.7 Å². The number of nitrogens with zero attached hydrogens (tertiary/aromatic N) is 1. The molecule has 1 saturated carbocycles. The third-order valence-corrected chi connectivity index (χ3v) is 3.62. The summed E-state index contributed by atoms with van der Waals surface area (Å²) in [5.74, 6) is 1.50. The van der Waals surface area contributed by atoms with Crippen LogP contribution in [0.4, 0.5) is 0 Å². The highest BCUT2D eigenvalue weighted by Gasteiger charge is 2.16. The fourth-order valence-corrected chi connectivity index (χ4v) is 2.67. The highest BCUT2D eigenvalue weighted by molar-refractivity contribution is 9.10. The first-order valence-corrected chi connectivity index (χ1v) is 7.00. The molecule has 4 heteroatoms. The molecule has 1 fully saturated rings. The van der Waals surface area contributed by atoms with E-state index in [1.54, 1.807) is 6.20 Å². The van der Waals surface area contributed by atoms with Crippen LogP contribution in [0.3, 0.4) is 0 Å². The van der Waals surface area contributed by atoms with E-state index in [0.29, 0.717) is 0 Å². The van der Waals surface area contributed by atoms with E-state index in [1.807, 2.05) is 7.05 Å². The molecule has 1 aromatic rings. The zero-order chi connectivity index (χ0) is 12.1. The molecule has 3 nitrogen and oxygen atoms in total. The molecule has 1 aliphatic rings. The Morgan fingerprint density at radius 1 is 1.47 bits per heavy atom. The summed E-state index contributed by atoms with van der Waals surface area (Å²) in [5, 5.41) is 3.14. The quantitative estimate of drug-likeness (QED) is 0.907. The van der Waals surface area contributed by atoms with Crippen molar-refractivity contribution in [1.29, 1.82) is 0 Å². The number of nitrogens with one attached hydrogen (secondary N) is 1. The summed E-state index contributed by atoms with van der Waals surface area (Å²) in [7, 11) is 1.93. The molecule has 0 aliphatic heterocycles. The normalized spacial score (nSPS) is 16.4. The zero-order valence-corrected chi connectivity index (χ0v) is 11.8. The van der Waals surface area contributed by atoms with Crippen molar-refractivity contribution >= 4 is 15.9 Å². The average Bonchev–Trinajstić information content (AvgIpc) is 2.81. The molecule has 0 unspecified atom stereocenters. The van der Waals surface area contributed by atoms with E-state index >= 15 is 0 Å². The fourth-order valence-electron chi connectivity index (χ4n) is 2.29. The Labute approximate surface area is 111 Å². The van der Waals surface area contributed by atoms with Gasteiger partial charge in [0.2, 0.25) is 5.88 Å². The summed E-state index contributed by atoms with van der Waals surface area (Å²) in [6.07, 6.45) is 7.11. The topological polar surface area (TPSA) is 34.2 Å². The van der Waals surface area contributed by atoms with Gasteiger partial charge in [-0.2, -0.15) is 0 Å². The second-order valence-electron chi connectivity index (χ2n) is 4.61. The number of ether oxygens (including phenoxy) is 1. The SMILES string of the molecule is CNCc1cc(Br)cnc1OCC1CCCC1. The molecule has 1 aliphatic carbocycles. The van der Waals surface area contributed by atoms with Crippen molar-refractivity contribution in [1.82, 2.24) is 10.3 Å². The van der Waals surface area contributed by atoms with Crippen LogP contribution in [0.25, 0.3) is 0 Å². The Morgan fingerprint density at radius 3 is 2.94 bits per heavy atom. The van der Waals surface area contributed by atoms with Gasteiger partial charge in [-0.25, -0.2) is 4.98 Å². The second-order valence-corrected chi connectivity index (χ2v) is 5.53. The highest BCUT2D eigenvalue weighted by atomic mass is 79.9. The maximum atomic E-state index is 5.86. The molecule has 0 saturated heterocycles. The predicted octanol–water partition coefficient (Wildman–Crippen LogP) is 3.13. The van der Waals surface area contributed by atoms with Crippen molar-refractivity contribution in [2.45, 2.75) is 32.2 Å². The molecular formula is C13H19BrN2O. The molecule has 1 heterocycles. The first-order valence-electron chi connectivity index (χ1n) is 6.21. The number of pyridine rings is 1. The molecular weight excluding hydrogens is 280 g/mol. The lowest BCUT2D eigenvalue weighted by molar-refractivity contribution is 0.241. The second kappa shape index (κ2) is 6.36. The van der Waals surface area contributed by atoms with Crippen LogP contribution in [0.5, 0.6) is 5.88 Å². The van der Waals surface area contributed by atoms with E-state index in [9.17, 15) is 0 Å². The molecule has 94 valence electrons. The summed E-state index contributed by atoms with van der Waals surface area (Å²) in [5.41, 5.74) is 1.11. The van der Waals surface area contributed by atoms with Gasteiger partial charge in [-0.15, -0.1) is 0 Å². The molecule has 0 amide bonds. The van der Waals surface area contributed by atoms with Crippen LogP contribution >= 0.6 is 15.9 Å². The Bertz CT molecular complexity index is 364. The molecule has 17 heavy (non-hydrogen) atoms. The van der Waals surface area contributed by atoms with Gasteiger partial charge in [0.25, 0.3) is 0 Å². The minimum atomic E-state index is 0.725. The minimum Gasteiger partial charge on any atom is -0.477 e. The van der Waals surface area contributed by atoms with Crippen molar-refractivity contribution in [3.63, 3.8) is 0 Å². The van der Waals surface area contributed by atoms with E-state index in [4.69, 9.17) is 4.74 Å². The third-order valence-electron chi connectivity index (χ3n) is 3.19. The van der Waals surface area contributed by atoms with Crippen molar-refractivity contribution < 1.29 is 4.74 Å². The smallest absolute Gasteiger partial charge is 0.217 e. The van der Waals surface area contributed by atoms with Crippen LogP contribution in [0.1, 0.15) is 31.2 Å². The maximum Gasteiger partial charge on any atom is 0.217 e. The zero-order valence-electron chi connectivity index (χ0n) is 10.2. The first-order chi connectivity index (χ1) is 8.29. The Balaban J connectivity index is 1.98. The number of rotatable bonds is 5. The maximum absolute atomic E-state index is 5.86. The van der Waals surface area contributed by atoms with Gasteiger partial charge in [0, 0.05) is 22.8 Å². The monoisotopic (exact) mass is 298 g/mol. The van der Waals surface area contributed by atoms with Gasteiger partial charge in [-0.3, -0.25) is 0 Å². The van der Waals surface area contributed by atoms with E-state index in [-0.39, 0.29) is 0 Å². The molecule has 0 radical (unpaired) electrons. The number of halogens is 1. The van der Waals surface area contributed by atoms with Crippen LogP contribution < -0.4 is 10.1 Å². The number of hydrogen-bond acceptors (Lipinski definition) is 3. The van der Waals surface area contributed by atoms with E-state index in [2.05, 4.69) is 32.3 Å². The van der Waals surface area contributed by atoms with Crippen LogP contribution in [-0.2, 0) is 6.54 Å². The van der Waals surface area contributed by atoms with Gasteiger partial charge in [0.1, 0.15) is 0 Å². The summed E-state index contributed by atoms with van der Waals surface area (Å²) < 4.78 is 6.85. The van der Waals surface area contributed by atoms with Crippen molar-refractivity contribution in [3.05, 3.63) is 22.3 Å². The van der Waals surface area contributed by atoms with E-state index < -0.39 is 0 Å². The van der Waals surface area contributed by atoms with Crippen LogP contribution in [-0.4, -0.2) is 18.6 Å². The molecule has 0 aromatic carbocycles. The predicted molar refractivity (Wildman–Crippen MR) is 72.2 cm³/mol. The summed E-state index contributed by atoms with van der Waals surface area (Å²) in [6.45, 7) is 1.60. The van der Waals surface area contributed by atoms with Gasteiger partial charge in [-0.1, -0.05) is 12.8 Å². The van der Waals surface area contributed by atoms with Crippen molar-refractivity contribution in [2.75, 3.05) is 13.7 Å². The lowest BCUT2D eigenvalue weighted by Gasteiger charge is -2.13. The van der Waals surface area contributed by atoms with Gasteiger partial charge in [0.05, 0.1) is 6.61 Å².